The van der Waals surface area contributed by atoms with Crippen LogP contribution < -0.4 is 5.73 Å². The molecule has 0 aliphatic rings. The van der Waals surface area contributed by atoms with Crippen molar-refractivity contribution in [1.82, 2.24) is 0 Å². The molecule has 0 amide bonds. The van der Waals surface area contributed by atoms with Crippen molar-refractivity contribution >= 4 is 5.69 Å². The van der Waals surface area contributed by atoms with Gasteiger partial charge in [0.05, 0.1) is 26.4 Å². The molecule has 0 heterocycles. The molecule has 0 saturated carbocycles. The second-order valence-corrected chi connectivity index (χ2v) is 4.33. The third-order valence-electron chi connectivity index (χ3n) is 2.73. The van der Waals surface area contributed by atoms with Crippen LogP contribution in [0.25, 0.3) is 0 Å². The predicted octanol–water partition coefficient (Wildman–Crippen LogP) is 3.00. The van der Waals surface area contributed by atoms with E-state index in [0.717, 1.165) is 11.3 Å². The minimum absolute atomic E-state index is 0.592. The van der Waals surface area contributed by atoms with Gasteiger partial charge in [0.25, 0.3) is 0 Å². The van der Waals surface area contributed by atoms with Crippen LogP contribution in [0.5, 0.6) is 0 Å². The molecule has 0 aliphatic carbocycles. The molecule has 3 heteroatoms. The highest BCUT2D eigenvalue weighted by molar-refractivity contribution is 5.39. The Labute approximate surface area is 114 Å². The molecular weight excluding hydrogens is 238 g/mol. The zero-order chi connectivity index (χ0) is 13.3. The van der Waals surface area contributed by atoms with Crippen molar-refractivity contribution in [3.63, 3.8) is 0 Å². The second-order valence-electron chi connectivity index (χ2n) is 4.33. The zero-order valence-corrected chi connectivity index (χ0v) is 10.9. The van der Waals surface area contributed by atoms with E-state index in [2.05, 4.69) is 12.1 Å². The van der Waals surface area contributed by atoms with Gasteiger partial charge in [-0.3, -0.25) is 0 Å². The normalized spacial score (nSPS) is 10.5. The van der Waals surface area contributed by atoms with E-state index in [0.29, 0.717) is 26.4 Å². The van der Waals surface area contributed by atoms with Crippen LogP contribution in [0.4, 0.5) is 5.69 Å². The molecule has 3 nitrogen and oxygen atoms in total. The molecule has 0 bridgehead atoms. The summed E-state index contributed by atoms with van der Waals surface area (Å²) in [5.74, 6) is 0. The maximum absolute atomic E-state index is 5.62. The van der Waals surface area contributed by atoms with Gasteiger partial charge in [0, 0.05) is 5.69 Å². The third-order valence-corrected chi connectivity index (χ3v) is 2.73. The van der Waals surface area contributed by atoms with Gasteiger partial charge in [-0.2, -0.15) is 0 Å². The van der Waals surface area contributed by atoms with E-state index in [1.54, 1.807) is 0 Å². The Bertz CT molecular complexity index is 468. The summed E-state index contributed by atoms with van der Waals surface area (Å²) in [6, 6.07) is 17.8. The Morgan fingerprint density at radius 2 is 1.21 bits per heavy atom. The Hall–Kier alpha value is -1.84. The molecule has 0 saturated heterocycles. The first-order valence-corrected chi connectivity index (χ1v) is 6.38. The average molecular weight is 257 g/mol. The van der Waals surface area contributed by atoms with Gasteiger partial charge in [-0.15, -0.1) is 0 Å². The Balaban J connectivity index is 1.56. The van der Waals surface area contributed by atoms with Gasteiger partial charge < -0.3 is 15.2 Å². The summed E-state index contributed by atoms with van der Waals surface area (Å²) in [6.07, 6.45) is 0. The lowest BCUT2D eigenvalue weighted by Gasteiger charge is -2.06. The smallest absolute Gasteiger partial charge is 0.0718 e. The molecule has 0 radical (unpaired) electrons. The lowest BCUT2D eigenvalue weighted by Crippen LogP contribution is -2.04. The van der Waals surface area contributed by atoms with Crippen molar-refractivity contribution in [1.29, 1.82) is 0 Å². The SMILES string of the molecule is Nc1ccc(COCCOCc2ccccc2)cc1. The van der Waals surface area contributed by atoms with Crippen molar-refractivity contribution in [2.45, 2.75) is 13.2 Å². The Kier molecular flexibility index (Phi) is 5.41. The summed E-state index contributed by atoms with van der Waals surface area (Å²) in [4.78, 5) is 0. The van der Waals surface area contributed by atoms with E-state index in [4.69, 9.17) is 15.2 Å². The average Bonchev–Trinajstić information content (AvgIpc) is 2.46. The molecule has 0 aromatic heterocycles. The fourth-order valence-electron chi connectivity index (χ4n) is 1.69. The van der Waals surface area contributed by atoms with Gasteiger partial charge in [-0.1, -0.05) is 42.5 Å². The number of hydrogen-bond acceptors (Lipinski definition) is 3. The maximum atomic E-state index is 5.62. The van der Waals surface area contributed by atoms with E-state index in [-0.39, 0.29) is 0 Å². The van der Waals surface area contributed by atoms with Gasteiger partial charge in [-0.05, 0) is 23.3 Å². The van der Waals surface area contributed by atoms with Crippen molar-refractivity contribution in [3.8, 4) is 0 Å². The van der Waals surface area contributed by atoms with Crippen molar-refractivity contribution in [2.24, 2.45) is 0 Å². The fraction of sp³-hybridized carbons (Fsp3) is 0.250. The highest BCUT2D eigenvalue weighted by Gasteiger charge is 1.95. The Morgan fingerprint density at radius 3 is 1.79 bits per heavy atom. The number of nitrogen functional groups attached to an aromatic ring is 1. The van der Waals surface area contributed by atoms with Crippen LogP contribution in [-0.4, -0.2) is 13.2 Å². The van der Waals surface area contributed by atoms with E-state index in [1.807, 2.05) is 42.5 Å². The van der Waals surface area contributed by atoms with Crippen molar-refractivity contribution in [2.75, 3.05) is 18.9 Å². The molecule has 0 spiro atoms. The molecule has 2 rings (SSSR count). The number of rotatable bonds is 7. The minimum Gasteiger partial charge on any atom is -0.399 e. The van der Waals surface area contributed by atoms with Crippen LogP contribution in [-0.2, 0) is 22.7 Å². The molecule has 2 aromatic rings. The van der Waals surface area contributed by atoms with Gasteiger partial charge in [0.1, 0.15) is 0 Å². The van der Waals surface area contributed by atoms with Crippen LogP contribution in [0.15, 0.2) is 54.6 Å². The molecule has 2 aromatic carbocycles. The molecule has 100 valence electrons. The van der Waals surface area contributed by atoms with Gasteiger partial charge in [0.2, 0.25) is 0 Å². The molecular formula is C16H19NO2. The monoisotopic (exact) mass is 257 g/mol. The zero-order valence-electron chi connectivity index (χ0n) is 10.9. The summed E-state index contributed by atoms with van der Waals surface area (Å²) < 4.78 is 11.1. The van der Waals surface area contributed by atoms with Gasteiger partial charge >= 0.3 is 0 Å². The van der Waals surface area contributed by atoms with E-state index < -0.39 is 0 Å². The van der Waals surface area contributed by atoms with Gasteiger partial charge in [0.15, 0.2) is 0 Å². The first-order valence-electron chi connectivity index (χ1n) is 6.38. The summed E-state index contributed by atoms with van der Waals surface area (Å²) in [5, 5.41) is 0. The Morgan fingerprint density at radius 1 is 0.684 bits per heavy atom. The van der Waals surface area contributed by atoms with Gasteiger partial charge in [-0.25, -0.2) is 0 Å². The van der Waals surface area contributed by atoms with Crippen LogP contribution in [0.2, 0.25) is 0 Å². The number of anilines is 1. The standard InChI is InChI=1S/C16H19NO2/c17-16-8-6-15(7-9-16)13-19-11-10-18-12-14-4-2-1-3-5-14/h1-9H,10-13,17H2. The molecule has 2 N–H and O–H groups in total. The number of hydrogen-bond donors (Lipinski definition) is 1. The first kappa shape index (κ1) is 13.6. The minimum atomic E-state index is 0.592. The summed E-state index contributed by atoms with van der Waals surface area (Å²) in [5.41, 5.74) is 8.69. The van der Waals surface area contributed by atoms with E-state index in [1.165, 1.54) is 5.56 Å². The number of benzene rings is 2. The topological polar surface area (TPSA) is 44.5 Å². The van der Waals surface area contributed by atoms with E-state index >= 15 is 0 Å². The van der Waals surface area contributed by atoms with E-state index in [9.17, 15) is 0 Å². The lowest BCUT2D eigenvalue weighted by atomic mass is 10.2. The number of nitrogens with two attached hydrogens (primary N) is 1. The second kappa shape index (κ2) is 7.56. The number of ether oxygens (including phenoxy) is 2. The highest BCUT2D eigenvalue weighted by Crippen LogP contribution is 2.06. The molecule has 0 aliphatic heterocycles. The summed E-state index contributed by atoms with van der Waals surface area (Å²) in [6.45, 7) is 2.42. The summed E-state index contributed by atoms with van der Waals surface area (Å²) >= 11 is 0. The van der Waals surface area contributed by atoms with Crippen LogP contribution >= 0.6 is 0 Å². The van der Waals surface area contributed by atoms with Crippen molar-refractivity contribution < 1.29 is 9.47 Å². The third kappa shape index (κ3) is 5.12. The van der Waals surface area contributed by atoms with Crippen LogP contribution in [0.1, 0.15) is 11.1 Å². The largest absolute Gasteiger partial charge is 0.399 e. The quantitative estimate of drug-likeness (QED) is 0.612. The maximum Gasteiger partial charge on any atom is 0.0718 e. The molecule has 0 unspecified atom stereocenters. The van der Waals surface area contributed by atoms with Crippen LogP contribution in [0.3, 0.4) is 0 Å². The van der Waals surface area contributed by atoms with Crippen molar-refractivity contribution in [3.05, 3.63) is 65.7 Å². The summed E-state index contributed by atoms with van der Waals surface area (Å²) in [7, 11) is 0. The van der Waals surface area contributed by atoms with Crippen LogP contribution in [0, 0.1) is 0 Å². The highest BCUT2D eigenvalue weighted by atomic mass is 16.5. The molecule has 0 atom stereocenters. The first-order chi connectivity index (χ1) is 9.34. The molecule has 0 fully saturated rings. The molecule has 19 heavy (non-hydrogen) atoms. The lowest BCUT2D eigenvalue weighted by molar-refractivity contribution is 0.0339. The fourth-order valence-corrected chi connectivity index (χ4v) is 1.69. The predicted molar refractivity (Wildman–Crippen MR) is 76.6 cm³/mol.